The maximum absolute atomic E-state index is 13.9. The molecule has 0 aliphatic heterocycles. The van der Waals surface area contributed by atoms with Crippen LogP contribution in [0, 0.1) is 6.92 Å². The van der Waals surface area contributed by atoms with Gasteiger partial charge in [-0.25, -0.2) is 8.42 Å². The van der Waals surface area contributed by atoms with Crippen molar-refractivity contribution in [2.45, 2.75) is 51.1 Å². The summed E-state index contributed by atoms with van der Waals surface area (Å²) in [6, 6.07) is 19.3. The summed E-state index contributed by atoms with van der Waals surface area (Å²) in [4.78, 5) is 28.3. The number of nitrogens with zero attached hydrogens (tertiary/aromatic N) is 2. The van der Waals surface area contributed by atoms with Crippen LogP contribution >= 0.6 is 27.5 Å². The van der Waals surface area contributed by atoms with E-state index >= 15 is 0 Å². The minimum absolute atomic E-state index is 0.0653. The lowest BCUT2D eigenvalue weighted by Crippen LogP contribution is -2.51. The highest BCUT2D eigenvalue weighted by Gasteiger charge is 2.32. The van der Waals surface area contributed by atoms with Crippen LogP contribution in [0.4, 0.5) is 5.69 Å². The number of carbonyl (C=O) groups is 2. The summed E-state index contributed by atoms with van der Waals surface area (Å²) in [5, 5.41) is 3.37. The van der Waals surface area contributed by atoms with Gasteiger partial charge in [-0.15, -0.1) is 0 Å². The second-order valence-electron chi connectivity index (χ2n) is 9.27. The fraction of sp³-hybridized carbons (Fsp3) is 0.310. The molecule has 3 rings (SSSR count). The van der Waals surface area contributed by atoms with Crippen LogP contribution in [-0.2, 0) is 26.2 Å². The Morgan fingerprint density at radius 1 is 1.03 bits per heavy atom. The van der Waals surface area contributed by atoms with E-state index in [1.807, 2.05) is 19.9 Å². The Kier molecular flexibility index (Phi) is 11.0. The number of rotatable bonds is 12. The van der Waals surface area contributed by atoms with Crippen molar-refractivity contribution in [2.75, 3.05) is 17.4 Å². The Labute approximate surface area is 244 Å². The fourth-order valence-corrected chi connectivity index (χ4v) is 5.82. The van der Waals surface area contributed by atoms with Crippen molar-refractivity contribution in [3.63, 3.8) is 0 Å². The molecule has 208 valence electrons. The standard InChI is InChI=1S/C29H33BrClN3O4S/c1-4-5-17-32-29(36)22(3)33(19-23-7-6-8-25(31)18-23)28(35)20-34(26-13-11-24(30)12-14-26)39(37,38)27-15-9-21(2)10-16-27/h6-16,18,22H,4-5,17,19-20H2,1-3H3,(H,32,36). The molecule has 0 aromatic heterocycles. The number of hydrogen-bond donors (Lipinski definition) is 1. The predicted octanol–water partition coefficient (Wildman–Crippen LogP) is 5.94. The topological polar surface area (TPSA) is 86.8 Å². The van der Waals surface area contributed by atoms with Gasteiger partial charge in [0.25, 0.3) is 10.0 Å². The quantitative estimate of drug-likeness (QED) is 0.250. The van der Waals surface area contributed by atoms with Crippen molar-refractivity contribution in [1.82, 2.24) is 10.2 Å². The highest BCUT2D eigenvalue weighted by Crippen LogP contribution is 2.26. The number of sulfonamides is 1. The molecule has 1 unspecified atom stereocenters. The predicted molar refractivity (Wildman–Crippen MR) is 159 cm³/mol. The van der Waals surface area contributed by atoms with E-state index in [1.54, 1.807) is 61.5 Å². The van der Waals surface area contributed by atoms with Crippen LogP contribution in [0.25, 0.3) is 0 Å². The van der Waals surface area contributed by atoms with Gasteiger partial charge >= 0.3 is 0 Å². The first kappa shape index (κ1) is 30.7. The molecule has 0 saturated heterocycles. The molecule has 0 aliphatic carbocycles. The molecular weight excluding hydrogens is 602 g/mol. The molecule has 3 aromatic carbocycles. The highest BCUT2D eigenvalue weighted by atomic mass is 79.9. The lowest BCUT2D eigenvalue weighted by molar-refractivity contribution is -0.139. The summed E-state index contributed by atoms with van der Waals surface area (Å²) in [7, 11) is -4.11. The van der Waals surface area contributed by atoms with Crippen molar-refractivity contribution in [3.8, 4) is 0 Å². The third kappa shape index (κ3) is 8.30. The van der Waals surface area contributed by atoms with Crippen LogP contribution in [0.3, 0.4) is 0 Å². The van der Waals surface area contributed by atoms with E-state index in [-0.39, 0.29) is 17.3 Å². The zero-order chi connectivity index (χ0) is 28.6. The molecule has 0 fully saturated rings. The minimum Gasteiger partial charge on any atom is -0.354 e. The van der Waals surface area contributed by atoms with Gasteiger partial charge in [0, 0.05) is 22.6 Å². The molecule has 7 nitrogen and oxygen atoms in total. The van der Waals surface area contributed by atoms with E-state index in [2.05, 4.69) is 21.2 Å². The van der Waals surface area contributed by atoms with Crippen molar-refractivity contribution in [1.29, 1.82) is 0 Å². The fourth-order valence-electron chi connectivity index (χ4n) is 3.92. The van der Waals surface area contributed by atoms with Gasteiger partial charge < -0.3 is 10.2 Å². The molecule has 0 heterocycles. The van der Waals surface area contributed by atoms with Crippen LogP contribution in [0.2, 0.25) is 5.02 Å². The smallest absolute Gasteiger partial charge is 0.264 e. The van der Waals surface area contributed by atoms with Gasteiger partial charge in [-0.2, -0.15) is 0 Å². The lowest BCUT2D eigenvalue weighted by Gasteiger charge is -2.32. The van der Waals surface area contributed by atoms with E-state index in [0.717, 1.165) is 32.7 Å². The van der Waals surface area contributed by atoms with E-state index < -0.39 is 28.5 Å². The SMILES string of the molecule is CCCCNC(=O)C(C)N(Cc1cccc(Cl)c1)C(=O)CN(c1ccc(Br)cc1)S(=O)(=O)c1ccc(C)cc1. The van der Waals surface area contributed by atoms with Crippen LogP contribution in [-0.4, -0.2) is 44.3 Å². The number of benzene rings is 3. The minimum atomic E-state index is -4.11. The molecule has 0 saturated carbocycles. The number of halogens is 2. The van der Waals surface area contributed by atoms with E-state index in [1.165, 1.54) is 17.0 Å². The molecule has 0 aliphatic rings. The van der Waals surface area contributed by atoms with Gasteiger partial charge in [-0.05, 0) is 74.4 Å². The number of nitrogens with one attached hydrogen (secondary N) is 1. The first-order chi connectivity index (χ1) is 18.5. The zero-order valence-electron chi connectivity index (χ0n) is 22.2. The number of amides is 2. The van der Waals surface area contributed by atoms with Gasteiger partial charge in [-0.3, -0.25) is 13.9 Å². The molecule has 0 spiro atoms. The van der Waals surface area contributed by atoms with E-state index in [9.17, 15) is 18.0 Å². The normalized spacial score (nSPS) is 12.0. The maximum Gasteiger partial charge on any atom is 0.264 e. The van der Waals surface area contributed by atoms with Crippen LogP contribution in [0.15, 0.2) is 82.2 Å². The zero-order valence-corrected chi connectivity index (χ0v) is 25.4. The maximum atomic E-state index is 13.9. The molecule has 10 heteroatoms. The summed E-state index contributed by atoms with van der Waals surface area (Å²) >= 11 is 9.55. The summed E-state index contributed by atoms with van der Waals surface area (Å²) in [5.74, 6) is -0.831. The Hall–Kier alpha value is -2.88. The number of hydrogen-bond acceptors (Lipinski definition) is 4. The van der Waals surface area contributed by atoms with Gasteiger partial charge in [-0.1, -0.05) is 70.7 Å². The summed E-state index contributed by atoms with van der Waals surface area (Å²) < 4.78 is 29.5. The first-order valence-electron chi connectivity index (χ1n) is 12.7. The highest BCUT2D eigenvalue weighted by molar-refractivity contribution is 9.10. The lowest BCUT2D eigenvalue weighted by atomic mass is 10.1. The molecule has 0 radical (unpaired) electrons. The molecule has 3 aromatic rings. The van der Waals surface area contributed by atoms with Crippen molar-refractivity contribution in [2.24, 2.45) is 0 Å². The number of anilines is 1. The number of unbranched alkanes of at least 4 members (excludes halogenated alkanes) is 1. The van der Waals surface area contributed by atoms with Gasteiger partial charge in [0.1, 0.15) is 12.6 Å². The summed E-state index contributed by atoms with van der Waals surface area (Å²) in [6.07, 6.45) is 1.73. The summed E-state index contributed by atoms with van der Waals surface area (Å²) in [6.45, 7) is 5.61. The monoisotopic (exact) mass is 633 g/mol. The van der Waals surface area contributed by atoms with Crippen LogP contribution in [0.1, 0.15) is 37.8 Å². The van der Waals surface area contributed by atoms with Crippen molar-refractivity contribution in [3.05, 3.63) is 93.4 Å². The second-order valence-corrected chi connectivity index (χ2v) is 12.5. The Morgan fingerprint density at radius 3 is 2.31 bits per heavy atom. The van der Waals surface area contributed by atoms with Crippen molar-refractivity contribution < 1.29 is 18.0 Å². The molecule has 2 amide bonds. The van der Waals surface area contributed by atoms with Crippen LogP contribution < -0.4 is 9.62 Å². The summed E-state index contributed by atoms with van der Waals surface area (Å²) in [5.41, 5.74) is 1.96. The average molecular weight is 635 g/mol. The van der Waals surface area contributed by atoms with E-state index in [4.69, 9.17) is 11.6 Å². The Balaban J connectivity index is 1.99. The molecule has 0 bridgehead atoms. The molecule has 1 atom stereocenters. The van der Waals surface area contributed by atoms with Crippen LogP contribution in [0.5, 0.6) is 0 Å². The average Bonchev–Trinajstić information content (AvgIpc) is 2.90. The number of carbonyl (C=O) groups excluding carboxylic acids is 2. The third-order valence-corrected chi connectivity index (χ3v) is 8.79. The van der Waals surface area contributed by atoms with Gasteiger partial charge in [0.05, 0.1) is 10.6 Å². The Morgan fingerprint density at radius 2 is 1.69 bits per heavy atom. The first-order valence-corrected chi connectivity index (χ1v) is 15.3. The molecule has 1 N–H and O–H groups in total. The molecule has 39 heavy (non-hydrogen) atoms. The van der Waals surface area contributed by atoms with Crippen molar-refractivity contribution >= 4 is 55.1 Å². The Bertz CT molecular complexity index is 1380. The van der Waals surface area contributed by atoms with Gasteiger partial charge in [0.15, 0.2) is 0 Å². The van der Waals surface area contributed by atoms with E-state index in [0.29, 0.717) is 17.3 Å². The molecular formula is C29H33BrClN3O4S. The third-order valence-electron chi connectivity index (χ3n) is 6.24. The number of aryl methyl sites for hydroxylation is 1. The second kappa shape index (κ2) is 14.0. The van der Waals surface area contributed by atoms with Gasteiger partial charge in [0.2, 0.25) is 11.8 Å². The largest absolute Gasteiger partial charge is 0.354 e.